The van der Waals surface area contributed by atoms with Gasteiger partial charge < -0.3 is 19.6 Å². The number of hydrogen-bond acceptors (Lipinski definition) is 6. The largest absolute Gasteiger partial charge is 0.480 e. The van der Waals surface area contributed by atoms with Gasteiger partial charge in [-0.05, 0) is 49.3 Å². The number of anilines is 1. The number of piperazine rings is 1. The number of likely N-dealkylation sites (tertiary alicyclic amines) is 1. The fourth-order valence-electron chi connectivity index (χ4n) is 5.47. The van der Waals surface area contributed by atoms with Crippen LogP contribution in [0, 0.1) is 12.3 Å². The number of piperidine rings is 1. The maximum Gasteiger partial charge on any atom is 0.425 e. The lowest BCUT2D eigenvalue weighted by atomic mass is 9.72. The summed E-state index contributed by atoms with van der Waals surface area (Å²) in [5.74, 6) is -0.778. The van der Waals surface area contributed by atoms with E-state index in [4.69, 9.17) is 5.11 Å². The van der Waals surface area contributed by atoms with Crippen molar-refractivity contribution >= 4 is 17.7 Å². The number of benzene rings is 1. The molecule has 1 spiro atoms. The normalized spacial score (nSPS) is 21.8. The van der Waals surface area contributed by atoms with Crippen LogP contribution in [0.15, 0.2) is 18.2 Å². The minimum atomic E-state index is -4.57. The molecular formula is C25H35F3N4O4. The van der Waals surface area contributed by atoms with Gasteiger partial charge in [-0.2, -0.15) is 13.2 Å². The summed E-state index contributed by atoms with van der Waals surface area (Å²) in [6.07, 6.45) is -5.54. The molecule has 4 rings (SSSR count). The van der Waals surface area contributed by atoms with Crippen LogP contribution in [-0.4, -0.2) is 103 Å². The lowest BCUT2D eigenvalue weighted by Crippen LogP contribution is -2.61. The predicted octanol–water partition coefficient (Wildman–Crippen LogP) is 3.19. The Balaban J connectivity index is 1.30. The highest BCUT2D eigenvalue weighted by Crippen LogP contribution is 2.41. The number of aliphatic carboxylic acids is 1. The van der Waals surface area contributed by atoms with Gasteiger partial charge in [0.05, 0.1) is 6.54 Å². The molecule has 3 heterocycles. The number of nitrogens with zero attached hydrogens (tertiary/aromatic N) is 4. The summed E-state index contributed by atoms with van der Waals surface area (Å²) < 4.78 is 42.7. The van der Waals surface area contributed by atoms with Crippen LogP contribution in [0.3, 0.4) is 0 Å². The first kappa shape index (κ1) is 26.5. The van der Waals surface area contributed by atoms with E-state index in [1.54, 1.807) is 0 Å². The van der Waals surface area contributed by atoms with Crippen molar-refractivity contribution in [3.05, 3.63) is 29.3 Å². The number of amides is 1. The standard InChI is InChI=1S/C25H35F3N4O4/c1-18-3-4-20(14-29-9-11-32(12-10-29)23(35)36-19(2)25(26,27)28)21(13-18)31-7-5-24(6-8-31)16-30(17-24)15-22(33)34/h3-4,13,19H,5-12,14-17H2,1-2H3,(H,33,34). The van der Waals surface area contributed by atoms with E-state index in [1.807, 2.05) is 4.90 Å². The van der Waals surface area contributed by atoms with E-state index in [1.165, 1.54) is 21.7 Å². The molecule has 8 nitrogen and oxygen atoms in total. The van der Waals surface area contributed by atoms with Gasteiger partial charge in [0.2, 0.25) is 0 Å². The number of carboxylic acid groups (broad SMARTS) is 1. The van der Waals surface area contributed by atoms with E-state index in [0.717, 1.165) is 45.9 Å². The number of carbonyl (C=O) groups excluding carboxylic acids is 1. The van der Waals surface area contributed by atoms with E-state index in [2.05, 4.69) is 39.7 Å². The first-order chi connectivity index (χ1) is 16.9. The third kappa shape index (κ3) is 6.23. The fraction of sp³-hybridized carbons (Fsp3) is 0.680. The molecule has 1 aromatic carbocycles. The van der Waals surface area contributed by atoms with Crippen molar-refractivity contribution in [1.29, 1.82) is 0 Å². The van der Waals surface area contributed by atoms with Crippen molar-refractivity contribution in [2.75, 3.05) is 63.8 Å². The minimum Gasteiger partial charge on any atom is -0.480 e. The molecule has 3 fully saturated rings. The monoisotopic (exact) mass is 512 g/mol. The number of carboxylic acids is 1. The number of aryl methyl sites for hydroxylation is 1. The molecule has 3 aliphatic heterocycles. The Bertz CT molecular complexity index is 949. The molecule has 0 aliphatic carbocycles. The second kappa shape index (κ2) is 10.5. The Morgan fingerprint density at radius 3 is 2.28 bits per heavy atom. The molecule has 1 atom stereocenters. The number of ether oxygens (including phenoxy) is 1. The fourth-order valence-corrected chi connectivity index (χ4v) is 5.47. The van der Waals surface area contributed by atoms with E-state index < -0.39 is 24.3 Å². The van der Waals surface area contributed by atoms with Crippen molar-refractivity contribution in [2.24, 2.45) is 5.41 Å². The van der Waals surface area contributed by atoms with Crippen LogP contribution in [0.5, 0.6) is 0 Å². The molecule has 0 radical (unpaired) electrons. The van der Waals surface area contributed by atoms with Crippen molar-refractivity contribution in [3.63, 3.8) is 0 Å². The van der Waals surface area contributed by atoms with Gasteiger partial charge in [0.25, 0.3) is 0 Å². The molecule has 3 aliphatic rings. The van der Waals surface area contributed by atoms with E-state index in [9.17, 15) is 22.8 Å². The zero-order chi connectivity index (χ0) is 26.1. The highest BCUT2D eigenvalue weighted by molar-refractivity contribution is 5.69. The summed E-state index contributed by atoms with van der Waals surface area (Å²) in [6, 6.07) is 6.43. The first-order valence-corrected chi connectivity index (χ1v) is 12.5. The predicted molar refractivity (Wildman–Crippen MR) is 128 cm³/mol. The highest BCUT2D eigenvalue weighted by Gasteiger charge is 2.45. The zero-order valence-corrected chi connectivity index (χ0v) is 20.9. The molecule has 1 aromatic rings. The van der Waals surface area contributed by atoms with Crippen molar-refractivity contribution in [2.45, 2.75) is 45.5 Å². The second-order valence-corrected chi connectivity index (χ2v) is 10.5. The number of rotatable bonds is 6. The molecule has 11 heteroatoms. The topological polar surface area (TPSA) is 76.6 Å². The Hall–Kier alpha value is -2.53. The summed E-state index contributed by atoms with van der Waals surface area (Å²) in [4.78, 5) is 31.0. The highest BCUT2D eigenvalue weighted by atomic mass is 19.4. The Morgan fingerprint density at radius 1 is 1.06 bits per heavy atom. The summed E-state index contributed by atoms with van der Waals surface area (Å²) in [5.41, 5.74) is 3.80. The van der Waals surface area contributed by atoms with Crippen LogP contribution in [0.2, 0.25) is 0 Å². The minimum absolute atomic E-state index is 0.111. The van der Waals surface area contributed by atoms with Gasteiger partial charge in [0, 0.05) is 64.6 Å². The Kier molecular flexibility index (Phi) is 7.70. The van der Waals surface area contributed by atoms with Crippen molar-refractivity contribution in [3.8, 4) is 0 Å². The number of alkyl halides is 3. The molecule has 0 aromatic heterocycles. The molecule has 36 heavy (non-hydrogen) atoms. The van der Waals surface area contributed by atoms with Crippen LogP contribution in [-0.2, 0) is 16.1 Å². The van der Waals surface area contributed by atoms with Gasteiger partial charge in [0.1, 0.15) is 0 Å². The molecule has 1 unspecified atom stereocenters. The Morgan fingerprint density at radius 2 is 1.69 bits per heavy atom. The summed E-state index contributed by atoms with van der Waals surface area (Å²) in [5, 5.41) is 9.00. The molecule has 0 saturated carbocycles. The molecule has 3 saturated heterocycles. The molecular weight excluding hydrogens is 477 g/mol. The average Bonchev–Trinajstić information content (AvgIpc) is 2.79. The third-order valence-corrected chi connectivity index (χ3v) is 7.65. The van der Waals surface area contributed by atoms with Crippen LogP contribution >= 0.6 is 0 Å². The van der Waals surface area contributed by atoms with Crippen LogP contribution in [0.4, 0.5) is 23.7 Å². The molecule has 0 bridgehead atoms. The van der Waals surface area contributed by atoms with E-state index in [-0.39, 0.29) is 12.0 Å². The van der Waals surface area contributed by atoms with Crippen molar-refractivity contribution in [1.82, 2.24) is 14.7 Å². The van der Waals surface area contributed by atoms with Crippen LogP contribution in [0.25, 0.3) is 0 Å². The maximum atomic E-state index is 12.7. The van der Waals surface area contributed by atoms with Crippen LogP contribution in [0.1, 0.15) is 30.9 Å². The van der Waals surface area contributed by atoms with Crippen LogP contribution < -0.4 is 4.90 Å². The van der Waals surface area contributed by atoms with E-state index >= 15 is 0 Å². The van der Waals surface area contributed by atoms with Crippen molar-refractivity contribution < 1.29 is 32.6 Å². The number of halogens is 3. The molecule has 200 valence electrons. The number of carbonyl (C=O) groups is 2. The van der Waals surface area contributed by atoms with Gasteiger partial charge in [0.15, 0.2) is 6.10 Å². The Labute approximate surface area is 209 Å². The SMILES string of the molecule is Cc1ccc(CN2CCN(C(=O)OC(C)C(F)(F)F)CC2)c(N2CCC3(CC2)CN(CC(=O)O)C3)c1. The summed E-state index contributed by atoms with van der Waals surface area (Å²) in [6.45, 7) is 9.04. The van der Waals surface area contributed by atoms with Gasteiger partial charge in [-0.25, -0.2) is 4.79 Å². The van der Waals surface area contributed by atoms with Gasteiger partial charge >= 0.3 is 18.2 Å². The second-order valence-electron chi connectivity index (χ2n) is 10.5. The number of hydrogen-bond donors (Lipinski definition) is 1. The smallest absolute Gasteiger partial charge is 0.425 e. The summed E-state index contributed by atoms with van der Waals surface area (Å²) >= 11 is 0. The molecule has 1 amide bonds. The van der Waals surface area contributed by atoms with Gasteiger partial charge in [-0.3, -0.25) is 14.6 Å². The quantitative estimate of drug-likeness (QED) is 0.628. The van der Waals surface area contributed by atoms with E-state index in [0.29, 0.717) is 32.7 Å². The first-order valence-electron chi connectivity index (χ1n) is 12.5. The van der Waals surface area contributed by atoms with Gasteiger partial charge in [-0.1, -0.05) is 12.1 Å². The average molecular weight is 513 g/mol. The zero-order valence-electron chi connectivity index (χ0n) is 20.9. The lowest BCUT2D eigenvalue weighted by Gasteiger charge is -2.54. The third-order valence-electron chi connectivity index (χ3n) is 7.65. The van der Waals surface area contributed by atoms with Gasteiger partial charge in [-0.15, -0.1) is 0 Å². The lowest BCUT2D eigenvalue weighted by molar-refractivity contribution is -0.200. The maximum absolute atomic E-state index is 12.7. The summed E-state index contributed by atoms with van der Waals surface area (Å²) in [7, 11) is 0. The molecule has 1 N–H and O–H groups in total.